The topological polar surface area (TPSA) is 90.7 Å². The lowest BCUT2D eigenvalue weighted by Crippen LogP contribution is -2.30. The summed E-state index contributed by atoms with van der Waals surface area (Å²) in [6.07, 6.45) is 0.921. The molecule has 1 aromatic rings. The highest BCUT2D eigenvalue weighted by Gasteiger charge is 2.11. The molecule has 0 radical (unpaired) electrons. The third-order valence-corrected chi connectivity index (χ3v) is 2.83. The van der Waals surface area contributed by atoms with Crippen molar-refractivity contribution in [2.75, 3.05) is 19.8 Å². The molecule has 122 valence electrons. The van der Waals surface area contributed by atoms with E-state index in [9.17, 15) is 14.9 Å². The molecule has 7 heteroatoms. The first-order chi connectivity index (χ1) is 10.4. The third-order valence-electron chi connectivity index (χ3n) is 2.83. The van der Waals surface area contributed by atoms with Crippen LogP contribution in [0.2, 0.25) is 0 Å². The van der Waals surface area contributed by atoms with Crippen molar-refractivity contribution in [3.05, 3.63) is 33.9 Å². The fourth-order valence-electron chi connectivity index (χ4n) is 1.74. The smallest absolute Gasteiger partial charge is 0.272 e. The van der Waals surface area contributed by atoms with Crippen LogP contribution >= 0.6 is 0 Å². The third kappa shape index (κ3) is 6.53. The summed E-state index contributed by atoms with van der Waals surface area (Å²) in [6, 6.07) is 4.39. The fraction of sp³-hybridized carbons (Fsp3) is 0.533. The first-order valence-corrected chi connectivity index (χ1v) is 7.16. The largest absolute Gasteiger partial charge is 0.484 e. The summed E-state index contributed by atoms with van der Waals surface area (Å²) in [4.78, 5) is 21.8. The van der Waals surface area contributed by atoms with Crippen LogP contribution in [0.4, 0.5) is 5.69 Å². The maximum Gasteiger partial charge on any atom is 0.272 e. The number of carbonyl (C=O) groups is 1. The second kappa shape index (κ2) is 8.99. The molecule has 0 fully saturated rings. The number of nitro benzene ring substituents is 1. The number of nitrogens with one attached hydrogen (secondary N) is 1. The van der Waals surface area contributed by atoms with Gasteiger partial charge in [0.25, 0.3) is 11.6 Å². The summed E-state index contributed by atoms with van der Waals surface area (Å²) in [5.41, 5.74) is 0.524. The molecule has 0 bridgehead atoms. The van der Waals surface area contributed by atoms with Crippen molar-refractivity contribution in [3.8, 4) is 5.75 Å². The number of hydrogen-bond acceptors (Lipinski definition) is 5. The van der Waals surface area contributed by atoms with Gasteiger partial charge in [-0.1, -0.05) is 0 Å². The maximum atomic E-state index is 11.6. The summed E-state index contributed by atoms with van der Waals surface area (Å²) in [5, 5.41) is 13.4. The number of ether oxygens (including phenoxy) is 2. The van der Waals surface area contributed by atoms with Gasteiger partial charge in [-0.15, -0.1) is 0 Å². The molecule has 1 N–H and O–H groups in total. The van der Waals surface area contributed by atoms with E-state index in [1.165, 1.54) is 12.1 Å². The van der Waals surface area contributed by atoms with E-state index in [4.69, 9.17) is 9.47 Å². The monoisotopic (exact) mass is 310 g/mol. The predicted octanol–water partition coefficient (Wildman–Crippen LogP) is 2.21. The highest BCUT2D eigenvalue weighted by Crippen LogP contribution is 2.22. The molecule has 0 atom stereocenters. The maximum absolute atomic E-state index is 11.6. The molecular formula is C15H22N2O5. The lowest BCUT2D eigenvalue weighted by molar-refractivity contribution is -0.385. The molecule has 0 aliphatic rings. The van der Waals surface area contributed by atoms with Crippen molar-refractivity contribution in [2.45, 2.75) is 33.3 Å². The normalized spacial score (nSPS) is 10.5. The molecule has 0 spiro atoms. The molecule has 22 heavy (non-hydrogen) atoms. The van der Waals surface area contributed by atoms with Crippen LogP contribution in [0, 0.1) is 17.0 Å². The molecule has 0 saturated heterocycles. The Balaban J connectivity index is 2.29. The molecule has 1 aromatic carbocycles. The average Bonchev–Trinajstić information content (AvgIpc) is 2.44. The molecule has 0 saturated carbocycles. The molecule has 0 aliphatic heterocycles. The minimum atomic E-state index is -0.453. The van der Waals surface area contributed by atoms with Crippen LogP contribution in [0.25, 0.3) is 0 Å². The van der Waals surface area contributed by atoms with Crippen molar-refractivity contribution >= 4 is 11.6 Å². The quantitative estimate of drug-likeness (QED) is 0.429. The minimum absolute atomic E-state index is 0.0296. The van der Waals surface area contributed by atoms with Gasteiger partial charge in [0, 0.05) is 24.8 Å². The number of rotatable bonds is 9. The van der Waals surface area contributed by atoms with Crippen LogP contribution in [0.15, 0.2) is 18.2 Å². The van der Waals surface area contributed by atoms with Gasteiger partial charge in [0.15, 0.2) is 6.61 Å². The van der Waals surface area contributed by atoms with E-state index in [1.54, 1.807) is 13.0 Å². The second-order valence-electron chi connectivity index (χ2n) is 5.12. The Morgan fingerprint density at radius 1 is 1.41 bits per heavy atom. The highest BCUT2D eigenvalue weighted by atomic mass is 16.6. The Labute approximate surface area is 129 Å². The Bertz CT molecular complexity index is 517. The van der Waals surface area contributed by atoms with Crippen molar-refractivity contribution in [1.82, 2.24) is 5.32 Å². The highest BCUT2D eigenvalue weighted by molar-refractivity contribution is 5.77. The van der Waals surface area contributed by atoms with Crippen LogP contribution in [-0.2, 0) is 9.53 Å². The lowest BCUT2D eigenvalue weighted by Gasteiger charge is -2.09. The van der Waals surface area contributed by atoms with Gasteiger partial charge in [0.2, 0.25) is 0 Å². The summed E-state index contributed by atoms with van der Waals surface area (Å²) < 4.78 is 10.7. The van der Waals surface area contributed by atoms with Crippen LogP contribution in [0.5, 0.6) is 5.75 Å². The Kier molecular flexibility index (Phi) is 7.31. The molecule has 0 unspecified atom stereocenters. The average molecular weight is 310 g/mol. The number of amides is 1. The van der Waals surface area contributed by atoms with Gasteiger partial charge in [-0.2, -0.15) is 0 Å². The zero-order valence-corrected chi connectivity index (χ0v) is 13.1. The zero-order chi connectivity index (χ0) is 16.5. The second-order valence-corrected chi connectivity index (χ2v) is 5.12. The van der Waals surface area contributed by atoms with Gasteiger partial charge in [-0.25, -0.2) is 0 Å². The van der Waals surface area contributed by atoms with Gasteiger partial charge in [0.05, 0.1) is 11.0 Å². The van der Waals surface area contributed by atoms with E-state index in [1.807, 2.05) is 13.8 Å². The SMILES string of the molecule is Cc1cc(OCC(=O)NCCCOC(C)C)ccc1[N+](=O)[O-]. The molecule has 0 aliphatic carbocycles. The Morgan fingerprint density at radius 3 is 2.73 bits per heavy atom. The van der Waals surface area contributed by atoms with E-state index in [-0.39, 0.29) is 24.3 Å². The molecule has 0 aromatic heterocycles. The molecule has 7 nitrogen and oxygen atoms in total. The van der Waals surface area contributed by atoms with Crippen molar-refractivity contribution in [1.29, 1.82) is 0 Å². The van der Waals surface area contributed by atoms with E-state index >= 15 is 0 Å². The summed E-state index contributed by atoms with van der Waals surface area (Å²) >= 11 is 0. The first kappa shape index (κ1) is 17.9. The minimum Gasteiger partial charge on any atom is -0.484 e. The van der Waals surface area contributed by atoms with Gasteiger partial charge in [-0.05, 0) is 39.3 Å². The number of nitrogens with zero attached hydrogens (tertiary/aromatic N) is 1. The Morgan fingerprint density at radius 2 is 2.14 bits per heavy atom. The molecular weight excluding hydrogens is 288 g/mol. The van der Waals surface area contributed by atoms with Crippen LogP contribution in [0.1, 0.15) is 25.8 Å². The predicted molar refractivity (Wildman–Crippen MR) is 82.0 cm³/mol. The van der Waals surface area contributed by atoms with Gasteiger partial charge >= 0.3 is 0 Å². The number of nitro groups is 1. The van der Waals surface area contributed by atoms with Gasteiger partial charge < -0.3 is 14.8 Å². The number of hydrogen-bond donors (Lipinski definition) is 1. The van der Waals surface area contributed by atoms with E-state index in [0.29, 0.717) is 24.5 Å². The van der Waals surface area contributed by atoms with Crippen molar-refractivity contribution < 1.29 is 19.2 Å². The zero-order valence-electron chi connectivity index (χ0n) is 13.1. The number of benzene rings is 1. The van der Waals surface area contributed by atoms with Crippen LogP contribution in [0.3, 0.4) is 0 Å². The number of carbonyl (C=O) groups excluding carboxylic acids is 1. The van der Waals surface area contributed by atoms with E-state index in [2.05, 4.69) is 5.32 Å². The van der Waals surface area contributed by atoms with Gasteiger partial charge in [0.1, 0.15) is 5.75 Å². The fourth-order valence-corrected chi connectivity index (χ4v) is 1.74. The lowest BCUT2D eigenvalue weighted by atomic mass is 10.2. The Hall–Kier alpha value is -2.15. The van der Waals surface area contributed by atoms with Crippen molar-refractivity contribution in [2.24, 2.45) is 0 Å². The molecule has 1 amide bonds. The van der Waals surface area contributed by atoms with Crippen molar-refractivity contribution in [3.63, 3.8) is 0 Å². The summed E-state index contributed by atoms with van der Waals surface area (Å²) in [5.74, 6) is 0.196. The number of aryl methyl sites for hydroxylation is 1. The summed E-state index contributed by atoms with van der Waals surface area (Å²) in [7, 11) is 0. The summed E-state index contributed by atoms with van der Waals surface area (Å²) in [6.45, 7) is 6.54. The van der Waals surface area contributed by atoms with E-state index in [0.717, 1.165) is 6.42 Å². The van der Waals surface area contributed by atoms with Gasteiger partial charge in [-0.3, -0.25) is 14.9 Å². The van der Waals surface area contributed by atoms with E-state index < -0.39 is 4.92 Å². The molecule has 0 heterocycles. The molecule has 1 rings (SSSR count). The standard InChI is InChI=1S/C15H22N2O5/c1-11(2)21-8-4-7-16-15(18)10-22-13-5-6-14(17(19)20)12(3)9-13/h5-6,9,11H,4,7-8,10H2,1-3H3,(H,16,18). The van der Waals surface area contributed by atoms with Crippen LogP contribution < -0.4 is 10.1 Å². The van der Waals surface area contributed by atoms with Crippen LogP contribution in [-0.4, -0.2) is 36.7 Å². The first-order valence-electron chi connectivity index (χ1n) is 7.16.